The summed E-state index contributed by atoms with van der Waals surface area (Å²) in [4.78, 5) is 13.5. The standard InChI is InChI=1S/C13H18F3NO2/c1-4-19-12(18)11(9(2)13(14,15)16)10(3)17-7-5-6-8-17/h3-8H2,1-2H3/b11-9-. The second kappa shape index (κ2) is 6.12. The second-order valence-corrected chi connectivity index (χ2v) is 4.36. The molecule has 3 nitrogen and oxygen atoms in total. The Labute approximate surface area is 110 Å². The molecule has 19 heavy (non-hydrogen) atoms. The molecule has 1 saturated heterocycles. The highest BCUT2D eigenvalue weighted by Crippen LogP contribution is 2.32. The lowest BCUT2D eigenvalue weighted by molar-refractivity contribution is -0.139. The van der Waals surface area contributed by atoms with E-state index >= 15 is 0 Å². The molecule has 6 heteroatoms. The smallest absolute Gasteiger partial charge is 0.413 e. The maximum absolute atomic E-state index is 12.8. The molecule has 1 aliphatic heterocycles. The lowest BCUT2D eigenvalue weighted by Crippen LogP contribution is -2.27. The number of likely N-dealkylation sites (tertiary alicyclic amines) is 1. The van der Waals surface area contributed by atoms with Crippen LogP contribution in [0.1, 0.15) is 26.7 Å². The highest BCUT2D eigenvalue weighted by Gasteiger charge is 2.37. The lowest BCUT2D eigenvalue weighted by Gasteiger charge is -2.24. The zero-order valence-corrected chi connectivity index (χ0v) is 11.1. The van der Waals surface area contributed by atoms with E-state index in [1.807, 2.05) is 0 Å². The zero-order valence-electron chi connectivity index (χ0n) is 11.1. The third kappa shape index (κ3) is 3.75. The number of esters is 1. The van der Waals surface area contributed by atoms with E-state index in [1.165, 1.54) is 0 Å². The molecular formula is C13H18F3NO2. The summed E-state index contributed by atoms with van der Waals surface area (Å²) in [5, 5.41) is 0. The van der Waals surface area contributed by atoms with Gasteiger partial charge in [-0.1, -0.05) is 6.58 Å². The first-order valence-electron chi connectivity index (χ1n) is 6.18. The van der Waals surface area contributed by atoms with Crippen molar-refractivity contribution in [2.75, 3.05) is 19.7 Å². The van der Waals surface area contributed by atoms with E-state index in [9.17, 15) is 18.0 Å². The van der Waals surface area contributed by atoms with Gasteiger partial charge in [0.2, 0.25) is 0 Å². The van der Waals surface area contributed by atoms with E-state index in [0.29, 0.717) is 13.1 Å². The van der Waals surface area contributed by atoms with Crippen molar-refractivity contribution in [1.29, 1.82) is 0 Å². The number of hydrogen-bond donors (Lipinski definition) is 0. The summed E-state index contributed by atoms with van der Waals surface area (Å²) < 4.78 is 43.2. The average Bonchev–Trinajstić information content (AvgIpc) is 2.81. The van der Waals surface area contributed by atoms with E-state index in [1.54, 1.807) is 11.8 Å². The maximum atomic E-state index is 12.8. The van der Waals surface area contributed by atoms with E-state index in [0.717, 1.165) is 19.8 Å². The summed E-state index contributed by atoms with van der Waals surface area (Å²) >= 11 is 0. The second-order valence-electron chi connectivity index (χ2n) is 4.36. The van der Waals surface area contributed by atoms with Crippen molar-refractivity contribution in [3.05, 3.63) is 23.4 Å². The van der Waals surface area contributed by atoms with Gasteiger partial charge in [-0.05, 0) is 26.7 Å². The van der Waals surface area contributed by atoms with Gasteiger partial charge in [0.25, 0.3) is 0 Å². The Bertz CT molecular complexity index is 393. The van der Waals surface area contributed by atoms with Crippen LogP contribution < -0.4 is 0 Å². The van der Waals surface area contributed by atoms with Gasteiger partial charge in [-0.3, -0.25) is 0 Å². The minimum atomic E-state index is -4.56. The average molecular weight is 277 g/mol. The van der Waals surface area contributed by atoms with Crippen molar-refractivity contribution in [3.8, 4) is 0 Å². The number of alkyl halides is 3. The third-order valence-electron chi connectivity index (χ3n) is 3.06. The summed E-state index contributed by atoms with van der Waals surface area (Å²) in [7, 11) is 0. The maximum Gasteiger partial charge on any atom is 0.413 e. The SMILES string of the molecule is C=C(/C(C(=O)OCC)=C(\C)C(F)(F)F)N1CCCC1. The molecule has 108 valence electrons. The van der Waals surface area contributed by atoms with Gasteiger partial charge in [0.15, 0.2) is 0 Å². The fourth-order valence-corrected chi connectivity index (χ4v) is 1.98. The molecule has 0 aromatic heterocycles. The first-order valence-corrected chi connectivity index (χ1v) is 6.18. The zero-order chi connectivity index (χ0) is 14.6. The Morgan fingerprint density at radius 1 is 1.32 bits per heavy atom. The normalized spacial score (nSPS) is 17.2. The predicted molar refractivity (Wildman–Crippen MR) is 65.3 cm³/mol. The Morgan fingerprint density at radius 2 is 1.84 bits per heavy atom. The summed E-state index contributed by atoms with van der Waals surface area (Å²) in [5.41, 5.74) is -1.31. The van der Waals surface area contributed by atoms with Crippen LogP contribution in [0.3, 0.4) is 0 Å². The number of ether oxygens (including phenoxy) is 1. The summed E-state index contributed by atoms with van der Waals surface area (Å²) in [6.07, 6.45) is -2.79. The molecule has 0 saturated carbocycles. The van der Waals surface area contributed by atoms with Gasteiger partial charge in [-0.15, -0.1) is 0 Å². The van der Waals surface area contributed by atoms with E-state index in [-0.39, 0.29) is 12.3 Å². The minimum absolute atomic E-state index is 0.0285. The van der Waals surface area contributed by atoms with E-state index < -0.39 is 23.3 Å². The molecule has 1 fully saturated rings. The Balaban J connectivity index is 3.12. The molecule has 0 unspecified atom stereocenters. The highest BCUT2D eigenvalue weighted by atomic mass is 19.4. The van der Waals surface area contributed by atoms with Crippen LogP contribution in [0.5, 0.6) is 0 Å². The molecule has 0 aliphatic carbocycles. The van der Waals surface area contributed by atoms with Crippen molar-refractivity contribution < 1.29 is 22.7 Å². The number of rotatable bonds is 4. The molecule has 0 N–H and O–H groups in total. The molecule has 0 bridgehead atoms. The minimum Gasteiger partial charge on any atom is -0.462 e. The van der Waals surface area contributed by atoms with Crippen molar-refractivity contribution >= 4 is 5.97 Å². The number of nitrogens with zero attached hydrogens (tertiary/aromatic N) is 1. The Morgan fingerprint density at radius 3 is 2.26 bits per heavy atom. The van der Waals surface area contributed by atoms with Crippen LogP contribution in [0.2, 0.25) is 0 Å². The van der Waals surface area contributed by atoms with Crippen LogP contribution >= 0.6 is 0 Å². The topological polar surface area (TPSA) is 29.5 Å². The first kappa shape index (κ1) is 15.6. The summed E-state index contributed by atoms with van der Waals surface area (Å²) in [6.45, 7) is 7.34. The van der Waals surface area contributed by atoms with Gasteiger partial charge in [-0.25, -0.2) is 4.79 Å². The molecule has 1 heterocycles. The highest BCUT2D eigenvalue weighted by molar-refractivity contribution is 5.94. The van der Waals surface area contributed by atoms with Crippen LogP contribution in [0, 0.1) is 0 Å². The van der Waals surface area contributed by atoms with Crippen molar-refractivity contribution in [2.45, 2.75) is 32.9 Å². The van der Waals surface area contributed by atoms with Crippen LogP contribution in [-0.2, 0) is 9.53 Å². The number of halogens is 3. The quantitative estimate of drug-likeness (QED) is 0.449. The Hall–Kier alpha value is -1.46. The van der Waals surface area contributed by atoms with E-state index in [2.05, 4.69) is 6.58 Å². The van der Waals surface area contributed by atoms with Gasteiger partial charge in [0, 0.05) is 24.4 Å². The molecule has 0 amide bonds. The molecule has 1 aliphatic rings. The van der Waals surface area contributed by atoms with Crippen LogP contribution in [-0.4, -0.2) is 36.7 Å². The number of carbonyl (C=O) groups excluding carboxylic acids is 1. The molecule has 1 rings (SSSR count). The first-order chi connectivity index (χ1) is 8.79. The molecule has 0 aromatic rings. The lowest BCUT2D eigenvalue weighted by atomic mass is 10.1. The van der Waals surface area contributed by atoms with Crippen LogP contribution in [0.4, 0.5) is 13.2 Å². The fraction of sp³-hybridized carbons (Fsp3) is 0.615. The third-order valence-corrected chi connectivity index (χ3v) is 3.06. The predicted octanol–water partition coefficient (Wildman–Crippen LogP) is 3.04. The monoisotopic (exact) mass is 277 g/mol. The fourth-order valence-electron chi connectivity index (χ4n) is 1.98. The number of carbonyl (C=O) groups is 1. The van der Waals surface area contributed by atoms with Crippen LogP contribution in [0.15, 0.2) is 23.4 Å². The van der Waals surface area contributed by atoms with Gasteiger partial charge in [-0.2, -0.15) is 13.2 Å². The number of allylic oxidation sites excluding steroid dienone is 1. The van der Waals surface area contributed by atoms with Gasteiger partial charge in [0.05, 0.1) is 12.2 Å². The molecule has 0 aromatic carbocycles. The summed E-state index contributed by atoms with van der Waals surface area (Å²) in [6, 6.07) is 0. The van der Waals surface area contributed by atoms with Crippen LogP contribution in [0.25, 0.3) is 0 Å². The van der Waals surface area contributed by atoms with Crippen molar-refractivity contribution in [1.82, 2.24) is 4.90 Å². The molecular weight excluding hydrogens is 259 g/mol. The summed E-state index contributed by atoms with van der Waals surface area (Å²) in [5.74, 6) is -0.964. The van der Waals surface area contributed by atoms with Gasteiger partial charge < -0.3 is 9.64 Å². The molecule has 0 spiro atoms. The largest absolute Gasteiger partial charge is 0.462 e. The Kier molecular flexibility index (Phi) is 5.03. The molecule has 0 radical (unpaired) electrons. The van der Waals surface area contributed by atoms with Gasteiger partial charge in [0.1, 0.15) is 0 Å². The van der Waals surface area contributed by atoms with E-state index in [4.69, 9.17) is 4.74 Å². The van der Waals surface area contributed by atoms with Gasteiger partial charge >= 0.3 is 12.1 Å². The molecule has 0 atom stereocenters. The van der Waals surface area contributed by atoms with Crippen molar-refractivity contribution in [2.24, 2.45) is 0 Å². The number of hydrogen-bond acceptors (Lipinski definition) is 3. The van der Waals surface area contributed by atoms with Crippen molar-refractivity contribution in [3.63, 3.8) is 0 Å².